The van der Waals surface area contributed by atoms with Gasteiger partial charge in [-0.3, -0.25) is 0 Å². The fourth-order valence-electron chi connectivity index (χ4n) is 2.41. The van der Waals surface area contributed by atoms with Crippen LogP contribution in [0.2, 0.25) is 0 Å². The van der Waals surface area contributed by atoms with Crippen molar-refractivity contribution >= 4 is 43.2 Å². The Labute approximate surface area is 140 Å². The summed E-state index contributed by atoms with van der Waals surface area (Å²) < 4.78 is 7.90. The van der Waals surface area contributed by atoms with E-state index in [1.807, 2.05) is 7.05 Å². The molecule has 0 radical (unpaired) electrons. The molecule has 0 aliphatic rings. The Kier molecular flexibility index (Phi) is 5.29. The van der Waals surface area contributed by atoms with Crippen molar-refractivity contribution in [2.24, 2.45) is 0 Å². The van der Waals surface area contributed by atoms with Gasteiger partial charge in [0.25, 0.3) is 0 Å². The number of benzene rings is 1. The quantitative estimate of drug-likeness (QED) is 0.735. The number of thiophene rings is 1. The van der Waals surface area contributed by atoms with Crippen molar-refractivity contribution < 1.29 is 4.74 Å². The average molecular weight is 419 g/mol. The monoisotopic (exact) mass is 417 g/mol. The van der Waals surface area contributed by atoms with Gasteiger partial charge in [0.05, 0.1) is 16.9 Å². The lowest BCUT2D eigenvalue weighted by atomic mass is 9.96. The molecule has 2 rings (SSSR count). The van der Waals surface area contributed by atoms with E-state index in [2.05, 4.69) is 69.2 Å². The van der Waals surface area contributed by atoms with E-state index in [0.29, 0.717) is 0 Å². The summed E-state index contributed by atoms with van der Waals surface area (Å²) in [5.41, 5.74) is 3.53. The lowest BCUT2D eigenvalue weighted by molar-refractivity contribution is 0.402. The van der Waals surface area contributed by atoms with Crippen LogP contribution in [-0.2, 0) is 0 Å². The predicted molar refractivity (Wildman–Crippen MR) is 93.1 cm³/mol. The largest absolute Gasteiger partial charge is 0.496 e. The predicted octanol–water partition coefficient (Wildman–Crippen LogP) is 5.21. The van der Waals surface area contributed by atoms with E-state index in [1.165, 1.54) is 16.0 Å². The van der Waals surface area contributed by atoms with Crippen molar-refractivity contribution in [1.82, 2.24) is 5.32 Å². The molecule has 0 amide bonds. The number of hydrogen-bond acceptors (Lipinski definition) is 3. The number of nitrogens with one attached hydrogen (secondary N) is 1. The Balaban J connectivity index is 2.65. The van der Waals surface area contributed by atoms with E-state index in [0.717, 1.165) is 19.6 Å². The third kappa shape index (κ3) is 2.96. The van der Waals surface area contributed by atoms with E-state index in [9.17, 15) is 0 Å². The summed E-state index contributed by atoms with van der Waals surface area (Å²) >= 11 is 8.92. The Morgan fingerprint density at radius 1 is 1.25 bits per heavy atom. The third-order valence-corrected chi connectivity index (χ3v) is 5.88. The van der Waals surface area contributed by atoms with Gasteiger partial charge in [0.15, 0.2) is 0 Å². The highest BCUT2D eigenvalue weighted by atomic mass is 79.9. The highest BCUT2D eigenvalue weighted by Crippen LogP contribution is 2.41. The summed E-state index contributed by atoms with van der Waals surface area (Å²) in [6.07, 6.45) is 0. The number of aryl methyl sites for hydroxylation is 1. The van der Waals surface area contributed by atoms with Crippen LogP contribution in [0.15, 0.2) is 26.5 Å². The summed E-state index contributed by atoms with van der Waals surface area (Å²) in [7, 11) is 3.71. The van der Waals surface area contributed by atoms with Gasteiger partial charge >= 0.3 is 0 Å². The summed E-state index contributed by atoms with van der Waals surface area (Å²) in [5, 5.41) is 3.41. The van der Waals surface area contributed by atoms with Crippen molar-refractivity contribution in [3.05, 3.63) is 48.0 Å². The van der Waals surface area contributed by atoms with Crippen LogP contribution >= 0.6 is 43.2 Å². The normalized spacial score (nSPS) is 12.5. The Hall–Kier alpha value is -0.360. The van der Waals surface area contributed by atoms with Gasteiger partial charge in [-0.25, -0.2) is 0 Å². The van der Waals surface area contributed by atoms with Crippen molar-refractivity contribution in [2.75, 3.05) is 14.2 Å². The maximum absolute atomic E-state index is 5.66. The summed E-state index contributed by atoms with van der Waals surface area (Å²) in [5.74, 6) is 0.953. The Morgan fingerprint density at radius 2 is 1.95 bits per heavy atom. The van der Waals surface area contributed by atoms with E-state index in [4.69, 9.17) is 4.74 Å². The maximum atomic E-state index is 5.66. The molecule has 0 aliphatic heterocycles. The second kappa shape index (κ2) is 6.60. The van der Waals surface area contributed by atoms with E-state index in [1.54, 1.807) is 18.4 Å². The number of rotatable bonds is 4. The van der Waals surface area contributed by atoms with Gasteiger partial charge in [0.2, 0.25) is 0 Å². The van der Waals surface area contributed by atoms with Crippen molar-refractivity contribution in [1.29, 1.82) is 0 Å². The number of ether oxygens (including phenoxy) is 1. The fourth-order valence-corrected chi connectivity index (χ4v) is 4.51. The van der Waals surface area contributed by atoms with E-state index < -0.39 is 0 Å². The second-order valence-corrected chi connectivity index (χ2v) is 7.96. The Morgan fingerprint density at radius 3 is 2.45 bits per heavy atom. The molecule has 1 aromatic heterocycles. The fraction of sp³-hybridized carbons (Fsp3) is 0.333. The second-order valence-electron chi connectivity index (χ2n) is 4.61. The molecule has 1 heterocycles. The van der Waals surface area contributed by atoms with Gasteiger partial charge in [-0.1, -0.05) is 15.9 Å². The summed E-state index contributed by atoms with van der Waals surface area (Å²) in [4.78, 5) is 1.26. The van der Waals surface area contributed by atoms with Crippen LogP contribution in [0.25, 0.3) is 0 Å². The lowest BCUT2D eigenvalue weighted by Gasteiger charge is -2.23. The van der Waals surface area contributed by atoms with Gasteiger partial charge in [0.1, 0.15) is 5.75 Å². The van der Waals surface area contributed by atoms with Gasteiger partial charge in [0, 0.05) is 14.9 Å². The molecule has 2 nitrogen and oxygen atoms in total. The van der Waals surface area contributed by atoms with Crippen LogP contribution < -0.4 is 10.1 Å². The minimum Gasteiger partial charge on any atom is -0.496 e. The van der Waals surface area contributed by atoms with Gasteiger partial charge < -0.3 is 10.1 Å². The van der Waals surface area contributed by atoms with Crippen molar-refractivity contribution in [3.8, 4) is 5.75 Å². The SMILES string of the molecule is CNC(c1ccc(Br)s1)c1c(C)c(Br)cc(C)c1OC. The van der Waals surface area contributed by atoms with Crippen LogP contribution in [-0.4, -0.2) is 14.2 Å². The Bertz CT molecular complexity index is 625. The molecule has 0 bridgehead atoms. The van der Waals surface area contributed by atoms with Crippen LogP contribution in [0.3, 0.4) is 0 Å². The number of methoxy groups -OCH3 is 1. The maximum Gasteiger partial charge on any atom is 0.127 e. The zero-order valence-corrected chi connectivity index (χ0v) is 15.9. The smallest absolute Gasteiger partial charge is 0.127 e. The van der Waals surface area contributed by atoms with E-state index >= 15 is 0 Å². The minimum atomic E-state index is 0.123. The molecule has 1 N–H and O–H groups in total. The molecule has 0 spiro atoms. The number of halogens is 2. The van der Waals surface area contributed by atoms with Crippen LogP contribution in [0, 0.1) is 13.8 Å². The first-order valence-electron chi connectivity index (χ1n) is 6.25. The van der Waals surface area contributed by atoms with Gasteiger partial charge in [-0.05, 0) is 66.2 Å². The lowest BCUT2D eigenvalue weighted by Crippen LogP contribution is -2.19. The average Bonchev–Trinajstić information content (AvgIpc) is 2.83. The topological polar surface area (TPSA) is 21.3 Å². The standard InChI is InChI=1S/C15H17Br2NOS/c1-8-7-10(16)9(2)13(15(8)19-4)14(18-3)11-5-6-12(17)20-11/h5-7,14,18H,1-4H3. The first-order chi connectivity index (χ1) is 9.49. The molecule has 0 saturated carbocycles. The molecule has 1 atom stereocenters. The summed E-state index contributed by atoms with van der Waals surface area (Å²) in [6, 6.07) is 6.45. The highest BCUT2D eigenvalue weighted by Gasteiger charge is 2.23. The number of hydrogen-bond donors (Lipinski definition) is 1. The molecule has 1 aromatic carbocycles. The molecule has 2 aromatic rings. The van der Waals surface area contributed by atoms with E-state index in [-0.39, 0.29) is 6.04 Å². The molecule has 0 fully saturated rings. The van der Waals surface area contributed by atoms with Crippen molar-refractivity contribution in [3.63, 3.8) is 0 Å². The molecular formula is C15H17Br2NOS. The van der Waals surface area contributed by atoms with Crippen LogP contribution in [0.4, 0.5) is 0 Å². The third-order valence-electron chi connectivity index (χ3n) is 3.37. The van der Waals surface area contributed by atoms with Crippen LogP contribution in [0.5, 0.6) is 5.75 Å². The zero-order chi connectivity index (χ0) is 14.9. The van der Waals surface area contributed by atoms with Gasteiger partial charge in [-0.15, -0.1) is 11.3 Å². The van der Waals surface area contributed by atoms with Gasteiger partial charge in [-0.2, -0.15) is 0 Å². The molecule has 1 unspecified atom stereocenters. The molecular weight excluding hydrogens is 402 g/mol. The first-order valence-corrected chi connectivity index (χ1v) is 8.66. The molecule has 0 aliphatic carbocycles. The zero-order valence-electron chi connectivity index (χ0n) is 11.9. The first kappa shape index (κ1) is 16.0. The molecule has 108 valence electrons. The van der Waals surface area contributed by atoms with Crippen LogP contribution in [0.1, 0.15) is 27.6 Å². The molecule has 5 heteroatoms. The highest BCUT2D eigenvalue weighted by molar-refractivity contribution is 9.11. The van der Waals surface area contributed by atoms with Crippen molar-refractivity contribution in [2.45, 2.75) is 19.9 Å². The minimum absolute atomic E-state index is 0.123. The molecule has 0 saturated heterocycles. The molecule has 20 heavy (non-hydrogen) atoms. The summed E-state index contributed by atoms with van der Waals surface area (Å²) in [6.45, 7) is 4.19.